The fourth-order valence-electron chi connectivity index (χ4n) is 3.06. The molecular formula is C14H19BrN2O3. The van der Waals surface area contributed by atoms with Crippen LogP contribution < -0.4 is 10.5 Å². The van der Waals surface area contributed by atoms with Crippen molar-refractivity contribution in [3.8, 4) is 5.75 Å². The van der Waals surface area contributed by atoms with Crippen LogP contribution >= 0.6 is 15.9 Å². The number of ether oxygens (including phenoxy) is 1. The first-order valence-electron chi connectivity index (χ1n) is 6.80. The second-order valence-corrected chi connectivity index (χ2v) is 6.17. The molecule has 2 unspecified atom stereocenters. The molecule has 0 bridgehead atoms. The Morgan fingerprint density at radius 1 is 1.50 bits per heavy atom. The number of hydrogen-bond donors (Lipinski definition) is 1. The summed E-state index contributed by atoms with van der Waals surface area (Å²) < 4.78 is 6.59. The monoisotopic (exact) mass is 342 g/mol. The second kappa shape index (κ2) is 5.69. The van der Waals surface area contributed by atoms with Crippen molar-refractivity contribution in [2.24, 2.45) is 11.1 Å². The Morgan fingerprint density at radius 2 is 2.15 bits per heavy atom. The minimum absolute atomic E-state index is 0.0130. The molecule has 1 aromatic carbocycles. The maximum Gasteiger partial charge on any atom is 0.312 e. The zero-order valence-electron chi connectivity index (χ0n) is 11.6. The minimum Gasteiger partial charge on any atom is -0.483 e. The van der Waals surface area contributed by atoms with Crippen LogP contribution in [-0.4, -0.2) is 17.1 Å². The van der Waals surface area contributed by atoms with E-state index in [1.54, 1.807) is 12.1 Å². The SMILES string of the molecule is CCC1(CC)C(N)CC1Oc1ccc(Br)cc1[N+](=O)[O-]. The predicted molar refractivity (Wildman–Crippen MR) is 80.8 cm³/mol. The van der Waals surface area contributed by atoms with Crippen LogP contribution in [0.4, 0.5) is 5.69 Å². The number of nitro benzene ring substituents is 1. The Bertz CT molecular complexity index is 517. The van der Waals surface area contributed by atoms with Gasteiger partial charge in [-0.25, -0.2) is 0 Å². The summed E-state index contributed by atoms with van der Waals surface area (Å²) in [4.78, 5) is 10.7. The topological polar surface area (TPSA) is 78.4 Å². The van der Waals surface area contributed by atoms with Crippen molar-refractivity contribution in [3.63, 3.8) is 0 Å². The van der Waals surface area contributed by atoms with Crippen molar-refractivity contribution < 1.29 is 9.66 Å². The summed E-state index contributed by atoms with van der Waals surface area (Å²) in [5.74, 6) is 0.321. The van der Waals surface area contributed by atoms with Crippen molar-refractivity contribution in [3.05, 3.63) is 32.8 Å². The van der Waals surface area contributed by atoms with E-state index in [0.717, 1.165) is 19.3 Å². The van der Waals surface area contributed by atoms with Crippen LogP contribution in [0.25, 0.3) is 0 Å². The lowest BCUT2D eigenvalue weighted by molar-refractivity contribution is -0.386. The molecule has 1 aromatic rings. The van der Waals surface area contributed by atoms with Gasteiger partial charge in [-0.2, -0.15) is 0 Å². The summed E-state index contributed by atoms with van der Waals surface area (Å²) in [6, 6.07) is 4.97. The number of nitro groups is 1. The number of benzene rings is 1. The van der Waals surface area contributed by atoms with Crippen LogP contribution in [0.2, 0.25) is 0 Å². The molecule has 0 heterocycles. The Kier molecular flexibility index (Phi) is 4.34. The first-order valence-corrected chi connectivity index (χ1v) is 7.60. The molecule has 2 atom stereocenters. The third kappa shape index (κ3) is 2.42. The molecule has 0 spiro atoms. The second-order valence-electron chi connectivity index (χ2n) is 5.26. The van der Waals surface area contributed by atoms with Crippen molar-refractivity contribution in [1.82, 2.24) is 0 Å². The molecule has 2 rings (SSSR count). The maximum absolute atomic E-state index is 11.1. The average molecular weight is 343 g/mol. The zero-order valence-corrected chi connectivity index (χ0v) is 13.2. The fourth-order valence-corrected chi connectivity index (χ4v) is 3.41. The van der Waals surface area contributed by atoms with E-state index in [1.807, 2.05) is 0 Å². The van der Waals surface area contributed by atoms with Gasteiger partial charge in [-0.1, -0.05) is 29.8 Å². The van der Waals surface area contributed by atoms with E-state index in [4.69, 9.17) is 10.5 Å². The van der Waals surface area contributed by atoms with Gasteiger partial charge < -0.3 is 10.5 Å². The highest BCUT2D eigenvalue weighted by Gasteiger charge is 2.52. The minimum atomic E-state index is -0.418. The highest BCUT2D eigenvalue weighted by molar-refractivity contribution is 9.10. The van der Waals surface area contributed by atoms with Crippen LogP contribution in [0.1, 0.15) is 33.1 Å². The van der Waals surface area contributed by atoms with Crippen LogP contribution in [0.5, 0.6) is 5.75 Å². The Morgan fingerprint density at radius 3 is 2.65 bits per heavy atom. The third-order valence-corrected chi connectivity index (χ3v) is 5.04. The van der Waals surface area contributed by atoms with Gasteiger partial charge in [0.05, 0.1) is 4.92 Å². The molecule has 0 aliphatic heterocycles. The van der Waals surface area contributed by atoms with E-state index in [0.29, 0.717) is 10.2 Å². The lowest BCUT2D eigenvalue weighted by atomic mass is 9.59. The van der Waals surface area contributed by atoms with Gasteiger partial charge in [-0.15, -0.1) is 0 Å². The highest BCUT2D eigenvalue weighted by atomic mass is 79.9. The van der Waals surface area contributed by atoms with E-state index < -0.39 is 4.92 Å². The van der Waals surface area contributed by atoms with Gasteiger partial charge in [-0.3, -0.25) is 10.1 Å². The van der Waals surface area contributed by atoms with Crippen LogP contribution in [-0.2, 0) is 0 Å². The molecule has 1 fully saturated rings. The lowest BCUT2D eigenvalue weighted by Crippen LogP contribution is -2.62. The van der Waals surface area contributed by atoms with Gasteiger partial charge >= 0.3 is 5.69 Å². The van der Waals surface area contributed by atoms with Gasteiger partial charge in [0.25, 0.3) is 0 Å². The molecular weight excluding hydrogens is 324 g/mol. The number of halogens is 1. The molecule has 2 N–H and O–H groups in total. The standard InChI is InChI=1S/C14H19BrN2O3/c1-3-14(4-2)12(16)8-13(14)20-11-6-5-9(15)7-10(11)17(18)19/h5-7,12-13H,3-4,8,16H2,1-2H3. The summed E-state index contributed by atoms with van der Waals surface area (Å²) >= 11 is 3.24. The summed E-state index contributed by atoms with van der Waals surface area (Å²) in [6.07, 6.45) is 2.53. The predicted octanol–water partition coefficient (Wildman–Crippen LogP) is 3.64. The van der Waals surface area contributed by atoms with E-state index in [1.165, 1.54) is 6.07 Å². The molecule has 0 aromatic heterocycles. The first kappa shape index (κ1) is 15.3. The zero-order chi connectivity index (χ0) is 14.9. The van der Waals surface area contributed by atoms with Crippen LogP contribution in [0.3, 0.4) is 0 Å². The molecule has 1 aliphatic rings. The van der Waals surface area contributed by atoms with Crippen molar-refractivity contribution >= 4 is 21.6 Å². The van der Waals surface area contributed by atoms with Crippen LogP contribution in [0, 0.1) is 15.5 Å². The van der Waals surface area contributed by atoms with Gasteiger partial charge in [0.1, 0.15) is 6.10 Å². The number of nitrogens with zero attached hydrogens (tertiary/aromatic N) is 1. The maximum atomic E-state index is 11.1. The van der Waals surface area contributed by atoms with Gasteiger partial charge in [0.15, 0.2) is 5.75 Å². The molecule has 110 valence electrons. The molecule has 5 nitrogen and oxygen atoms in total. The largest absolute Gasteiger partial charge is 0.483 e. The van der Waals surface area contributed by atoms with E-state index in [-0.39, 0.29) is 23.2 Å². The normalized spacial score (nSPS) is 24.0. The van der Waals surface area contributed by atoms with Gasteiger partial charge in [0, 0.05) is 28.4 Å². The average Bonchev–Trinajstić information content (AvgIpc) is 2.41. The summed E-state index contributed by atoms with van der Waals surface area (Å²) in [6.45, 7) is 4.18. The fraction of sp³-hybridized carbons (Fsp3) is 0.571. The molecule has 1 saturated carbocycles. The van der Waals surface area contributed by atoms with Crippen molar-refractivity contribution in [2.45, 2.75) is 45.3 Å². The summed E-state index contributed by atoms with van der Waals surface area (Å²) in [7, 11) is 0. The van der Waals surface area contributed by atoms with Gasteiger partial charge in [0.2, 0.25) is 0 Å². The Labute approximate surface area is 126 Å². The van der Waals surface area contributed by atoms with Crippen molar-refractivity contribution in [2.75, 3.05) is 0 Å². The molecule has 0 amide bonds. The van der Waals surface area contributed by atoms with E-state index in [9.17, 15) is 10.1 Å². The molecule has 0 saturated heterocycles. The molecule has 1 aliphatic carbocycles. The third-order valence-electron chi connectivity index (χ3n) is 4.55. The van der Waals surface area contributed by atoms with E-state index in [2.05, 4.69) is 29.8 Å². The Hall–Kier alpha value is -1.14. The smallest absolute Gasteiger partial charge is 0.312 e. The number of nitrogens with two attached hydrogens (primary N) is 1. The summed E-state index contributed by atoms with van der Waals surface area (Å²) in [5, 5.41) is 11.1. The Balaban J connectivity index is 2.25. The molecule has 6 heteroatoms. The van der Waals surface area contributed by atoms with Gasteiger partial charge in [-0.05, 0) is 25.0 Å². The van der Waals surface area contributed by atoms with Crippen LogP contribution in [0.15, 0.2) is 22.7 Å². The number of rotatable bonds is 5. The van der Waals surface area contributed by atoms with E-state index >= 15 is 0 Å². The quantitative estimate of drug-likeness (QED) is 0.654. The molecule has 20 heavy (non-hydrogen) atoms. The molecule has 0 radical (unpaired) electrons. The van der Waals surface area contributed by atoms with Crippen molar-refractivity contribution in [1.29, 1.82) is 0 Å². The first-order chi connectivity index (χ1) is 9.44. The summed E-state index contributed by atoms with van der Waals surface area (Å²) in [5.41, 5.74) is 6.04. The highest BCUT2D eigenvalue weighted by Crippen LogP contribution is 2.48. The lowest BCUT2D eigenvalue weighted by Gasteiger charge is -2.53. The number of hydrogen-bond acceptors (Lipinski definition) is 4.